The normalized spacial score (nSPS) is 11.6. The van der Waals surface area contributed by atoms with Crippen LogP contribution < -0.4 is 10.1 Å². The highest BCUT2D eigenvalue weighted by Gasteiger charge is 2.21. The summed E-state index contributed by atoms with van der Waals surface area (Å²) in [4.78, 5) is 12.1. The van der Waals surface area contributed by atoms with E-state index in [-0.39, 0.29) is 5.97 Å². The number of carbonyl (C=O) groups is 1. The van der Waals surface area contributed by atoms with Crippen LogP contribution in [-0.2, 0) is 16.0 Å². The largest absolute Gasteiger partial charge is 0.495 e. The summed E-state index contributed by atoms with van der Waals surface area (Å²) in [6.07, 6.45) is 1.44. The highest BCUT2D eigenvalue weighted by Crippen LogP contribution is 2.29. The van der Waals surface area contributed by atoms with Crippen LogP contribution in [0.2, 0.25) is 0 Å². The summed E-state index contributed by atoms with van der Waals surface area (Å²) in [5, 5.41) is 3.29. The second kappa shape index (κ2) is 8.22. The van der Waals surface area contributed by atoms with Crippen LogP contribution in [0.25, 0.3) is 0 Å². The molecular weight excluding hydrogens is 290 g/mol. The lowest BCUT2D eigenvalue weighted by Gasteiger charge is -2.21. The monoisotopic (exact) mass is 313 g/mol. The van der Waals surface area contributed by atoms with E-state index in [1.807, 2.05) is 43.3 Å². The van der Waals surface area contributed by atoms with Gasteiger partial charge >= 0.3 is 5.97 Å². The standard InChI is InChI=1S/C19H23NO3/c1-14-8-7-11-17(22-2)18(14)20-16(19(21)23-3)13-12-15-9-5-4-6-10-15/h4-11,16,20H,12-13H2,1-3H3/t16-/m1/s1. The van der Waals surface area contributed by atoms with E-state index in [4.69, 9.17) is 9.47 Å². The second-order valence-corrected chi connectivity index (χ2v) is 5.40. The number of methoxy groups -OCH3 is 2. The lowest BCUT2D eigenvalue weighted by atomic mass is 10.0. The molecule has 0 spiro atoms. The van der Waals surface area contributed by atoms with Gasteiger partial charge in [-0.05, 0) is 37.0 Å². The van der Waals surface area contributed by atoms with Crippen molar-refractivity contribution in [1.82, 2.24) is 0 Å². The number of benzene rings is 2. The van der Waals surface area contributed by atoms with Crippen molar-refractivity contribution in [3.8, 4) is 5.75 Å². The Hall–Kier alpha value is -2.49. The molecule has 0 saturated carbocycles. The lowest BCUT2D eigenvalue weighted by molar-refractivity contribution is -0.141. The minimum Gasteiger partial charge on any atom is -0.495 e. The van der Waals surface area contributed by atoms with Gasteiger partial charge in [0.15, 0.2) is 0 Å². The zero-order valence-corrected chi connectivity index (χ0v) is 13.8. The van der Waals surface area contributed by atoms with Crippen molar-refractivity contribution in [2.75, 3.05) is 19.5 Å². The number of hydrogen-bond donors (Lipinski definition) is 1. The Morgan fingerprint density at radius 2 is 1.83 bits per heavy atom. The van der Waals surface area contributed by atoms with Gasteiger partial charge in [0.2, 0.25) is 0 Å². The fourth-order valence-electron chi connectivity index (χ4n) is 2.52. The van der Waals surface area contributed by atoms with Crippen LogP contribution in [0.1, 0.15) is 17.5 Å². The summed E-state index contributed by atoms with van der Waals surface area (Å²) in [5.74, 6) is 0.449. The van der Waals surface area contributed by atoms with E-state index in [2.05, 4.69) is 17.4 Å². The van der Waals surface area contributed by atoms with Crippen molar-refractivity contribution in [2.45, 2.75) is 25.8 Å². The number of nitrogens with one attached hydrogen (secondary N) is 1. The molecule has 0 bridgehead atoms. The van der Waals surface area contributed by atoms with Gasteiger partial charge in [0.25, 0.3) is 0 Å². The number of rotatable bonds is 7. The SMILES string of the molecule is COC(=O)[C@@H](CCc1ccccc1)Nc1c(C)cccc1OC. The smallest absolute Gasteiger partial charge is 0.328 e. The molecule has 0 fully saturated rings. The van der Waals surface area contributed by atoms with E-state index in [9.17, 15) is 4.79 Å². The zero-order valence-electron chi connectivity index (χ0n) is 13.8. The molecule has 0 aliphatic carbocycles. The average molecular weight is 313 g/mol. The number of anilines is 1. The molecule has 0 amide bonds. The Labute approximate surface area is 137 Å². The third-order valence-electron chi connectivity index (χ3n) is 3.82. The molecule has 1 atom stereocenters. The molecule has 2 rings (SSSR count). The van der Waals surface area contributed by atoms with Crippen molar-refractivity contribution >= 4 is 11.7 Å². The van der Waals surface area contributed by atoms with Gasteiger partial charge in [-0.15, -0.1) is 0 Å². The average Bonchev–Trinajstić information content (AvgIpc) is 2.59. The Morgan fingerprint density at radius 1 is 1.09 bits per heavy atom. The van der Waals surface area contributed by atoms with Crippen LogP contribution in [0.3, 0.4) is 0 Å². The van der Waals surface area contributed by atoms with E-state index in [1.54, 1.807) is 7.11 Å². The summed E-state index contributed by atoms with van der Waals surface area (Å²) < 4.78 is 10.3. The number of carbonyl (C=O) groups excluding carboxylic acids is 1. The molecule has 2 aromatic rings. The van der Waals surface area contributed by atoms with Gasteiger partial charge < -0.3 is 14.8 Å². The van der Waals surface area contributed by atoms with Gasteiger partial charge in [-0.25, -0.2) is 4.79 Å². The third kappa shape index (κ3) is 4.49. The molecule has 122 valence electrons. The molecule has 0 aliphatic rings. The number of para-hydroxylation sites is 1. The molecule has 0 saturated heterocycles. The van der Waals surface area contributed by atoms with Crippen molar-refractivity contribution < 1.29 is 14.3 Å². The van der Waals surface area contributed by atoms with Crippen LogP contribution in [0, 0.1) is 6.92 Å². The number of ether oxygens (including phenoxy) is 2. The first kappa shape index (κ1) is 16.9. The lowest BCUT2D eigenvalue weighted by Crippen LogP contribution is -2.31. The first-order chi connectivity index (χ1) is 11.2. The topological polar surface area (TPSA) is 47.6 Å². The fraction of sp³-hybridized carbons (Fsp3) is 0.316. The van der Waals surface area contributed by atoms with Crippen molar-refractivity contribution in [1.29, 1.82) is 0 Å². The maximum absolute atomic E-state index is 12.1. The summed E-state index contributed by atoms with van der Waals surface area (Å²) in [5.41, 5.74) is 3.05. The summed E-state index contributed by atoms with van der Waals surface area (Å²) in [6.45, 7) is 1.98. The molecule has 0 unspecified atom stereocenters. The molecule has 23 heavy (non-hydrogen) atoms. The molecule has 2 aromatic carbocycles. The number of aryl methyl sites for hydroxylation is 2. The van der Waals surface area contributed by atoms with Crippen LogP contribution >= 0.6 is 0 Å². The predicted molar refractivity (Wildman–Crippen MR) is 91.9 cm³/mol. The van der Waals surface area contributed by atoms with Gasteiger partial charge in [-0.1, -0.05) is 42.5 Å². The van der Waals surface area contributed by atoms with E-state index >= 15 is 0 Å². The Morgan fingerprint density at radius 3 is 2.48 bits per heavy atom. The molecule has 0 radical (unpaired) electrons. The van der Waals surface area contributed by atoms with Crippen LogP contribution in [-0.4, -0.2) is 26.2 Å². The quantitative estimate of drug-likeness (QED) is 0.794. The Balaban J connectivity index is 2.15. The third-order valence-corrected chi connectivity index (χ3v) is 3.82. The summed E-state index contributed by atoms with van der Waals surface area (Å²) in [6, 6.07) is 15.5. The summed E-state index contributed by atoms with van der Waals surface area (Å²) >= 11 is 0. The number of esters is 1. The van der Waals surface area contributed by atoms with E-state index < -0.39 is 6.04 Å². The van der Waals surface area contributed by atoms with Crippen LogP contribution in [0.5, 0.6) is 5.75 Å². The maximum Gasteiger partial charge on any atom is 0.328 e. The highest BCUT2D eigenvalue weighted by atomic mass is 16.5. The molecular formula is C19H23NO3. The zero-order chi connectivity index (χ0) is 16.7. The molecule has 0 heterocycles. The molecule has 4 heteroatoms. The van der Waals surface area contributed by atoms with E-state index in [1.165, 1.54) is 12.7 Å². The molecule has 0 aromatic heterocycles. The van der Waals surface area contributed by atoms with Crippen molar-refractivity contribution in [2.24, 2.45) is 0 Å². The molecule has 0 aliphatic heterocycles. The first-order valence-electron chi connectivity index (χ1n) is 7.67. The highest BCUT2D eigenvalue weighted by molar-refractivity contribution is 5.80. The Bertz CT molecular complexity index is 640. The number of hydrogen-bond acceptors (Lipinski definition) is 4. The van der Waals surface area contributed by atoms with Crippen molar-refractivity contribution in [3.63, 3.8) is 0 Å². The van der Waals surface area contributed by atoms with Crippen LogP contribution in [0.4, 0.5) is 5.69 Å². The minimum atomic E-state index is -0.421. The van der Waals surface area contributed by atoms with Gasteiger partial charge in [0.05, 0.1) is 19.9 Å². The second-order valence-electron chi connectivity index (χ2n) is 5.40. The van der Waals surface area contributed by atoms with Gasteiger partial charge in [0.1, 0.15) is 11.8 Å². The van der Waals surface area contributed by atoms with Crippen molar-refractivity contribution in [3.05, 3.63) is 59.7 Å². The molecule has 4 nitrogen and oxygen atoms in total. The van der Waals surface area contributed by atoms with Gasteiger partial charge in [-0.3, -0.25) is 0 Å². The Kier molecular flexibility index (Phi) is 6.03. The van der Waals surface area contributed by atoms with E-state index in [0.717, 1.165) is 23.4 Å². The predicted octanol–water partition coefficient (Wildman–Crippen LogP) is 3.59. The minimum absolute atomic E-state index is 0.272. The van der Waals surface area contributed by atoms with Crippen LogP contribution in [0.15, 0.2) is 48.5 Å². The van der Waals surface area contributed by atoms with E-state index in [0.29, 0.717) is 6.42 Å². The maximum atomic E-state index is 12.1. The molecule has 1 N–H and O–H groups in total. The fourth-order valence-corrected chi connectivity index (χ4v) is 2.52. The van der Waals surface area contributed by atoms with Gasteiger partial charge in [0, 0.05) is 0 Å². The first-order valence-corrected chi connectivity index (χ1v) is 7.67. The van der Waals surface area contributed by atoms with Gasteiger partial charge in [-0.2, -0.15) is 0 Å². The summed E-state index contributed by atoms with van der Waals surface area (Å²) in [7, 11) is 3.03.